The normalized spacial score (nSPS) is 13.0. The number of aromatic nitrogens is 1. The van der Waals surface area contributed by atoms with Gasteiger partial charge in [-0.2, -0.15) is 0 Å². The number of hydrogen-bond acceptors (Lipinski definition) is 2. The first-order valence-corrected chi connectivity index (χ1v) is 8.22. The first-order chi connectivity index (χ1) is 11.8. The minimum Gasteiger partial charge on any atom is -0.465 e. The van der Waals surface area contributed by atoms with Crippen molar-refractivity contribution in [3.8, 4) is 0 Å². The quantitative estimate of drug-likeness (QED) is 0.669. The van der Waals surface area contributed by atoms with Crippen molar-refractivity contribution in [2.45, 2.75) is 19.4 Å². The van der Waals surface area contributed by atoms with Gasteiger partial charge in [-0.15, -0.1) is 0 Å². The third-order valence-electron chi connectivity index (χ3n) is 4.66. The van der Waals surface area contributed by atoms with Crippen LogP contribution in [0.1, 0.15) is 33.6 Å². The van der Waals surface area contributed by atoms with Crippen LogP contribution in [0, 0.1) is 0 Å². The summed E-state index contributed by atoms with van der Waals surface area (Å²) in [6.45, 7) is 0.811. The monoisotopic (exact) mass is 317 g/mol. The number of nitrogens with zero attached hydrogens (tertiary/aromatic N) is 1. The van der Waals surface area contributed by atoms with Crippen molar-refractivity contribution in [2.75, 3.05) is 7.11 Å². The Labute approximate surface area is 141 Å². The van der Waals surface area contributed by atoms with Gasteiger partial charge in [0.05, 0.1) is 18.2 Å². The van der Waals surface area contributed by atoms with Crippen LogP contribution in [0.5, 0.6) is 0 Å². The summed E-state index contributed by atoms with van der Waals surface area (Å²) in [5, 5.41) is 1.01. The molecule has 1 heterocycles. The van der Waals surface area contributed by atoms with Crippen molar-refractivity contribution < 1.29 is 9.53 Å². The maximum atomic E-state index is 12.2. The summed E-state index contributed by atoms with van der Waals surface area (Å²) in [5.41, 5.74) is 5.46. The average Bonchev–Trinajstić information content (AvgIpc) is 2.96. The smallest absolute Gasteiger partial charge is 0.338 e. The van der Waals surface area contributed by atoms with Crippen molar-refractivity contribution in [1.82, 2.24) is 4.57 Å². The maximum Gasteiger partial charge on any atom is 0.338 e. The lowest BCUT2D eigenvalue weighted by molar-refractivity contribution is 0.0603. The Balaban J connectivity index is 1.97. The fraction of sp³-hybridized carbons (Fsp3) is 0.190. The third-order valence-corrected chi connectivity index (χ3v) is 4.66. The van der Waals surface area contributed by atoms with Crippen LogP contribution in [0.3, 0.4) is 0 Å². The molecule has 0 unspecified atom stereocenters. The molecule has 0 N–H and O–H groups in total. The van der Waals surface area contributed by atoms with Crippen LogP contribution >= 0.6 is 0 Å². The predicted octanol–water partition coefficient (Wildman–Crippen LogP) is 4.44. The molecule has 1 aromatic heterocycles. The Hall–Kier alpha value is -2.81. The molecule has 0 atom stereocenters. The van der Waals surface area contributed by atoms with E-state index in [2.05, 4.69) is 47.1 Å². The topological polar surface area (TPSA) is 31.2 Å². The Bertz CT molecular complexity index is 935. The van der Waals surface area contributed by atoms with Crippen LogP contribution in [0.15, 0.2) is 54.6 Å². The Morgan fingerprint density at radius 2 is 1.96 bits per heavy atom. The van der Waals surface area contributed by atoms with Crippen molar-refractivity contribution in [1.29, 1.82) is 0 Å². The van der Waals surface area contributed by atoms with Gasteiger partial charge < -0.3 is 9.30 Å². The van der Waals surface area contributed by atoms with Crippen LogP contribution in [0.4, 0.5) is 0 Å². The summed E-state index contributed by atoms with van der Waals surface area (Å²) >= 11 is 0. The molecule has 0 radical (unpaired) electrons. The second kappa shape index (κ2) is 6.00. The Morgan fingerprint density at radius 1 is 1.12 bits per heavy atom. The summed E-state index contributed by atoms with van der Waals surface area (Å²) in [6.07, 6.45) is 6.36. The van der Waals surface area contributed by atoms with Crippen molar-refractivity contribution >= 4 is 22.9 Å². The molecule has 0 saturated heterocycles. The molecule has 120 valence electrons. The molecule has 1 aliphatic carbocycles. The molecule has 3 nitrogen and oxygen atoms in total. The molecular formula is C21H19NO2. The first-order valence-electron chi connectivity index (χ1n) is 8.22. The number of allylic oxidation sites excluding steroid dienone is 1. The lowest BCUT2D eigenvalue weighted by Gasteiger charge is -2.13. The molecule has 0 aliphatic heterocycles. The molecule has 0 fully saturated rings. The largest absolute Gasteiger partial charge is 0.465 e. The van der Waals surface area contributed by atoms with Gasteiger partial charge in [-0.3, -0.25) is 0 Å². The van der Waals surface area contributed by atoms with E-state index in [9.17, 15) is 4.79 Å². The van der Waals surface area contributed by atoms with Gasteiger partial charge in [0.25, 0.3) is 0 Å². The molecule has 0 bridgehead atoms. The molecule has 2 aromatic carbocycles. The number of fused-ring (bicyclic) bond motifs is 3. The highest BCUT2D eigenvalue weighted by atomic mass is 16.5. The van der Waals surface area contributed by atoms with Crippen molar-refractivity contribution in [3.63, 3.8) is 0 Å². The average molecular weight is 317 g/mol. The Morgan fingerprint density at radius 3 is 2.75 bits per heavy atom. The second-order valence-corrected chi connectivity index (χ2v) is 6.06. The van der Waals surface area contributed by atoms with Gasteiger partial charge >= 0.3 is 5.97 Å². The van der Waals surface area contributed by atoms with E-state index in [1.807, 2.05) is 18.2 Å². The van der Waals surface area contributed by atoms with Crippen LogP contribution < -0.4 is 0 Å². The maximum absolute atomic E-state index is 12.2. The first kappa shape index (κ1) is 14.8. The number of hydrogen-bond donors (Lipinski definition) is 0. The standard InChI is InChI=1S/C21H19NO2/c1-24-21(23)17-11-7-13-19-20(17)16-10-5-6-12-18(16)22(19)14-15-8-3-2-4-9-15/h2-5,7-11,13H,6,12,14H2,1H3. The lowest BCUT2D eigenvalue weighted by atomic mass is 9.99. The van der Waals surface area contributed by atoms with E-state index in [4.69, 9.17) is 4.74 Å². The minimum absolute atomic E-state index is 0.278. The number of carbonyl (C=O) groups excluding carboxylic acids is 1. The molecule has 24 heavy (non-hydrogen) atoms. The van der Waals surface area contributed by atoms with Crippen molar-refractivity contribution in [3.05, 3.63) is 77.0 Å². The van der Waals surface area contributed by atoms with E-state index >= 15 is 0 Å². The third kappa shape index (κ3) is 2.33. The van der Waals surface area contributed by atoms with Gasteiger partial charge in [0.1, 0.15) is 0 Å². The van der Waals surface area contributed by atoms with E-state index in [1.165, 1.54) is 18.4 Å². The summed E-state index contributed by atoms with van der Waals surface area (Å²) in [5.74, 6) is -0.278. The molecule has 3 aromatic rings. The number of methoxy groups -OCH3 is 1. The molecular weight excluding hydrogens is 298 g/mol. The zero-order chi connectivity index (χ0) is 16.5. The fourth-order valence-electron chi connectivity index (χ4n) is 3.58. The zero-order valence-corrected chi connectivity index (χ0v) is 13.7. The van der Waals surface area contributed by atoms with Crippen LogP contribution in [-0.2, 0) is 17.7 Å². The summed E-state index contributed by atoms with van der Waals surface area (Å²) < 4.78 is 7.33. The predicted molar refractivity (Wildman–Crippen MR) is 96.2 cm³/mol. The summed E-state index contributed by atoms with van der Waals surface area (Å²) in [4.78, 5) is 12.2. The summed E-state index contributed by atoms with van der Waals surface area (Å²) in [7, 11) is 1.43. The molecule has 0 amide bonds. The molecule has 1 aliphatic rings. The van der Waals surface area contributed by atoms with Gasteiger partial charge in [-0.05, 0) is 30.5 Å². The van der Waals surface area contributed by atoms with Gasteiger partial charge in [0.15, 0.2) is 0 Å². The molecule has 4 rings (SSSR count). The molecule has 3 heteroatoms. The van der Waals surface area contributed by atoms with Gasteiger partial charge in [0, 0.05) is 23.2 Å². The SMILES string of the molecule is COC(=O)c1cccc2c1c1c(n2Cc2ccccc2)CCC=C1. The second-order valence-electron chi connectivity index (χ2n) is 6.06. The Kier molecular flexibility index (Phi) is 3.69. The van der Waals surface area contributed by atoms with Gasteiger partial charge in [-0.25, -0.2) is 4.79 Å². The molecule has 0 spiro atoms. The van der Waals surface area contributed by atoms with Gasteiger partial charge in [-0.1, -0.05) is 48.6 Å². The van der Waals surface area contributed by atoms with E-state index in [-0.39, 0.29) is 5.97 Å². The number of ether oxygens (including phenoxy) is 1. The van der Waals surface area contributed by atoms with Crippen molar-refractivity contribution in [2.24, 2.45) is 0 Å². The fourth-order valence-corrected chi connectivity index (χ4v) is 3.58. The number of rotatable bonds is 3. The lowest BCUT2D eigenvalue weighted by Crippen LogP contribution is -2.06. The summed E-state index contributed by atoms with van der Waals surface area (Å²) in [6, 6.07) is 16.3. The van der Waals surface area contributed by atoms with Crippen LogP contribution in [-0.4, -0.2) is 17.6 Å². The number of benzene rings is 2. The van der Waals surface area contributed by atoms with Crippen LogP contribution in [0.2, 0.25) is 0 Å². The van der Waals surface area contributed by atoms with Gasteiger partial charge in [0.2, 0.25) is 0 Å². The van der Waals surface area contributed by atoms with E-state index in [0.717, 1.165) is 35.9 Å². The highest BCUT2D eigenvalue weighted by Gasteiger charge is 2.22. The molecule has 0 saturated carbocycles. The minimum atomic E-state index is -0.278. The van der Waals surface area contributed by atoms with Crippen LogP contribution in [0.25, 0.3) is 17.0 Å². The number of esters is 1. The van der Waals surface area contributed by atoms with E-state index < -0.39 is 0 Å². The zero-order valence-electron chi connectivity index (χ0n) is 13.7. The highest BCUT2D eigenvalue weighted by Crippen LogP contribution is 2.34. The highest BCUT2D eigenvalue weighted by molar-refractivity contribution is 6.08. The number of carbonyl (C=O) groups is 1. The van der Waals surface area contributed by atoms with E-state index in [0.29, 0.717) is 5.56 Å². The van der Waals surface area contributed by atoms with E-state index in [1.54, 1.807) is 0 Å².